The molecule has 0 aliphatic carbocycles. The van der Waals surface area contributed by atoms with Crippen molar-refractivity contribution in [3.63, 3.8) is 0 Å². The summed E-state index contributed by atoms with van der Waals surface area (Å²) in [5, 5.41) is 0.606. The van der Waals surface area contributed by atoms with Crippen LogP contribution >= 0.6 is 23.4 Å². The zero-order chi connectivity index (χ0) is 21.3. The molecule has 0 radical (unpaired) electrons. The Hall–Kier alpha value is -1.74. The van der Waals surface area contributed by atoms with E-state index >= 15 is 0 Å². The van der Waals surface area contributed by atoms with Gasteiger partial charge in [-0.25, -0.2) is 8.42 Å². The van der Waals surface area contributed by atoms with Gasteiger partial charge in [0.25, 0.3) is 0 Å². The van der Waals surface area contributed by atoms with Gasteiger partial charge in [0, 0.05) is 41.2 Å². The molecule has 2 aromatic carbocycles. The number of sulfonamides is 1. The number of amides is 1. The van der Waals surface area contributed by atoms with Gasteiger partial charge in [-0.15, -0.1) is 11.8 Å². The summed E-state index contributed by atoms with van der Waals surface area (Å²) in [6.07, 6.45) is 1.02. The van der Waals surface area contributed by atoms with Gasteiger partial charge in [-0.3, -0.25) is 4.79 Å². The van der Waals surface area contributed by atoms with E-state index in [4.69, 9.17) is 16.3 Å². The van der Waals surface area contributed by atoms with E-state index in [1.54, 1.807) is 43.1 Å². The van der Waals surface area contributed by atoms with Gasteiger partial charge in [-0.2, -0.15) is 4.31 Å². The lowest BCUT2D eigenvalue weighted by Gasteiger charge is -2.35. The van der Waals surface area contributed by atoms with E-state index < -0.39 is 10.0 Å². The normalized spacial score (nSPS) is 18.1. The zero-order valence-electron chi connectivity index (χ0n) is 16.6. The van der Waals surface area contributed by atoms with Gasteiger partial charge in [-0.05, 0) is 55.3 Å². The molecular formula is C21H23ClN2O4S2. The molecule has 0 aromatic heterocycles. The van der Waals surface area contributed by atoms with Gasteiger partial charge in [0.05, 0.1) is 17.7 Å². The molecule has 1 saturated heterocycles. The Morgan fingerprint density at radius 2 is 1.80 bits per heavy atom. The SMILES string of the molecule is COc1ccc(S(=O)(=O)N2CCC(C(=O)N3CCSc4ccc(Cl)cc43)CC2)cc1. The summed E-state index contributed by atoms with van der Waals surface area (Å²) in [4.78, 5) is 16.3. The van der Waals surface area contributed by atoms with Crippen LogP contribution in [0, 0.1) is 5.92 Å². The lowest BCUT2D eigenvalue weighted by atomic mass is 9.96. The standard InChI is InChI=1S/C21H23ClN2O4S2/c1-28-17-3-5-18(6-4-17)30(26,27)23-10-8-15(9-11-23)21(25)24-12-13-29-20-7-2-16(22)14-19(20)24/h2-7,14-15H,8-13H2,1H3. The zero-order valence-corrected chi connectivity index (χ0v) is 19.0. The first-order chi connectivity index (χ1) is 14.4. The number of benzene rings is 2. The summed E-state index contributed by atoms with van der Waals surface area (Å²) in [5.41, 5.74) is 0.858. The number of anilines is 1. The lowest BCUT2D eigenvalue weighted by Crippen LogP contribution is -2.45. The predicted octanol–water partition coefficient (Wildman–Crippen LogP) is 3.89. The number of hydrogen-bond acceptors (Lipinski definition) is 5. The highest BCUT2D eigenvalue weighted by Gasteiger charge is 2.35. The second kappa shape index (κ2) is 8.78. The van der Waals surface area contributed by atoms with Crippen LogP contribution in [0.3, 0.4) is 0 Å². The van der Waals surface area contributed by atoms with Gasteiger partial charge in [0.15, 0.2) is 0 Å². The lowest BCUT2D eigenvalue weighted by molar-refractivity contribution is -0.123. The van der Waals surface area contributed by atoms with Gasteiger partial charge in [-0.1, -0.05) is 11.6 Å². The summed E-state index contributed by atoms with van der Waals surface area (Å²) in [6.45, 7) is 1.30. The smallest absolute Gasteiger partial charge is 0.243 e. The Morgan fingerprint density at radius 3 is 2.47 bits per heavy atom. The van der Waals surface area contributed by atoms with Crippen molar-refractivity contribution >= 4 is 45.0 Å². The van der Waals surface area contributed by atoms with Crippen LogP contribution in [-0.4, -0.2) is 51.1 Å². The third kappa shape index (κ3) is 4.19. The molecule has 4 rings (SSSR count). The van der Waals surface area contributed by atoms with Crippen molar-refractivity contribution in [2.75, 3.05) is 37.4 Å². The summed E-state index contributed by atoms with van der Waals surface area (Å²) >= 11 is 7.87. The topological polar surface area (TPSA) is 66.9 Å². The maximum Gasteiger partial charge on any atom is 0.243 e. The molecule has 1 fully saturated rings. The molecule has 30 heavy (non-hydrogen) atoms. The Morgan fingerprint density at radius 1 is 1.10 bits per heavy atom. The fourth-order valence-electron chi connectivity index (χ4n) is 3.88. The van der Waals surface area contributed by atoms with Crippen LogP contribution in [0.5, 0.6) is 5.75 Å². The summed E-state index contributed by atoms with van der Waals surface area (Å²) in [5.74, 6) is 1.31. The molecular weight excluding hydrogens is 444 g/mol. The van der Waals surface area contributed by atoms with Gasteiger partial charge >= 0.3 is 0 Å². The monoisotopic (exact) mass is 466 g/mol. The molecule has 0 spiro atoms. The molecule has 9 heteroatoms. The molecule has 0 atom stereocenters. The molecule has 2 heterocycles. The second-order valence-corrected chi connectivity index (χ2v) is 10.8. The fraction of sp³-hybridized carbons (Fsp3) is 0.381. The Balaban J connectivity index is 1.45. The highest BCUT2D eigenvalue weighted by molar-refractivity contribution is 7.99. The van der Waals surface area contributed by atoms with E-state index in [-0.39, 0.29) is 16.7 Å². The molecule has 2 aliphatic rings. The maximum absolute atomic E-state index is 13.2. The molecule has 0 bridgehead atoms. The number of halogens is 1. The number of ether oxygens (including phenoxy) is 1. The molecule has 0 unspecified atom stereocenters. The van der Waals surface area contributed by atoms with Crippen molar-refractivity contribution in [2.24, 2.45) is 5.92 Å². The van der Waals surface area contributed by atoms with E-state index in [0.29, 0.717) is 43.2 Å². The number of hydrogen-bond donors (Lipinski definition) is 0. The minimum Gasteiger partial charge on any atom is -0.497 e. The van der Waals surface area contributed by atoms with Crippen molar-refractivity contribution in [3.8, 4) is 5.75 Å². The third-order valence-corrected chi connectivity index (χ3v) is 8.74. The van der Waals surface area contributed by atoms with Crippen LogP contribution in [0.25, 0.3) is 0 Å². The number of fused-ring (bicyclic) bond motifs is 1. The quantitative estimate of drug-likeness (QED) is 0.683. The van der Waals surface area contributed by atoms with Crippen LogP contribution in [-0.2, 0) is 14.8 Å². The number of piperidine rings is 1. The van der Waals surface area contributed by atoms with Crippen molar-refractivity contribution in [2.45, 2.75) is 22.6 Å². The number of nitrogens with zero attached hydrogens (tertiary/aromatic N) is 2. The molecule has 0 N–H and O–H groups in total. The predicted molar refractivity (Wildman–Crippen MR) is 119 cm³/mol. The van der Waals surface area contributed by atoms with Gasteiger partial charge in [0.2, 0.25) is 15.9 Å². The number of rotatable bonds is 4. The molecule has 2 aliphatic heterocycles. The van der Waals surface area contributed by atoms with E-state index in [0.717, 1.165) is 16.3 Å². The number of thioether (sulfide) groups is 1. The van der Waals surface area contributed by atoms with E-state index in [1.807, 2.05) is 23.1 Å². The van der Waals surface area contributed by atoms with E-state index in [1.165, 1.54) is 4.31 Å². The Kier molecular flexibility index (Phi) is 6.29. The third-order valence-electron chi connectivity index (χ3n) is 5.55. The molecule has 1 amide bonds. The highest BCUT2D eigenvalue weighted by atomic mass is 35.5. The van der Waals surface area contributed by atoms with Gasteiger partial charge < -0.3 is 9.64 Å². The number of carbonyl (C=O) groups excluding carboxylic acids is 1. The van der Waals surface area contributed by atoms with Crippen molar-refractivity contribution in [1.82, 2.24) is 4.31 Å². The molecule has 2 aromatic rings. The van der Waals surface area contributed by atoms with Crippen molar-refractivity contribution < 1.29 is 17.9 Å². The van der Waals surface area contributed by atoms with Crippen LogP contribution in [0.2, 0.25) is 5.02 Å². The average Bonchev–Trinajstić information content (AvgIpc) is 2.78. The van der Waals surface area contributed by atoms with Crippen LogP contribution in [0.4, 0.5) is 5.69 Å². The van der Waals surface area contributed by atoms with Crippen molar-refractivity contribution in [3.05, 3.63) is 47.5 Å². The maximum atomic E-state index is 13.2. The Bertz CT molecular complexity index is 1040. The van der Waals surface area contributed by atoms with Gasteiger partial charge in [0.1, 0.15) is 5.75 Å². The minimum atomic E-state index is -3.58. The van der Waals surface area contributed by atoms with Crippen LogP contribution < -0.4 is 9.64 Å². The Labute approximate surface area is 186 Å². The largest absolute Gasteiger partial charge is 0.497 e. The highest BCUT2D eigenvalue weighted by Crippen LogP contribution is 2.38. The fourth-order valence-corrected chi connectivity index (χ4v) is 6.49. The first-order valence-electron chi connectivity index (χ1n) is 9.78. The summed E-state index contributed by atoms with van der Waals surface area (Å²) in [6, 6.07) is 12.0. The summed E-state index contributed by atoms with van der Waals surface area (Å²) in [7, 11) is -2.04. The molecule has 0 saturated carbocycles. The average molecular weight is 467 g/mol. The van der Waals surface area contributed by atoms with Crippen LogP contribution in [0.15, 0.2) is 52.3 Å². The molecule has 6 nitrogen and oxygen atoms in total. The number of methoxy groups -OCH3 is 1. The molecule has 160 valence electrons. The van der Waals surface area contributed by atoms with E-state index in [2.05, 4.69) is 0 Å². The summed E-state index contributed by atoms with van der Waals surface area (Å²) < 4.78 is 32.4. The second-order valence-electron chi connectivity index (χ2n) is 7.30. The van der Waals surface area contributed by atoms with Crippen molar-refractivity contribution in [1.29, 1.82) is 0 Å². The number of carbonyl (C=O) groups is 1. The minimum absolute atomic E-state index is 0.0558. The van der Waals surface area contributed by atoms with E-state index in [9.17, 15) is 13.2 Å². The first-order valence-corrected chi connectivity index (χ1v) is 12.6. The van der Waals surface area contributed by atoms with Crippen LogP contribution in [0.1, 0.15) is 12.8 Å². The first kappa shape index (κ1) is 21.5.